The van der Waals surface area contributed by atoms with Crippen LogP contribution in [0.1, 0.15) is 44.0 Å². The maximum absolute atomic E-state index is 13.3. The van der Waals surface area contributed by atoms with Gasteiger partial charge >= 0.3 is 0 Å². The Bertz CT molecular complexity index is 1040. The van der Waals surface area contributed by atoms with Crippen molar-refractivity contribution in [3.05, 3.63) is 52.1 Å². The van der Waals surface area contributed by atoms with E-state index in [2.05, 4.69) is 24.0 Å². The summed E-state index contributed by atoms with van der Waals surface area (Å²) >= 11 is 0. The van der Waals surface area contributed by atoms with E-state index in [1.807, 2.05) is 29.8 Å². The summed E-state index contributed by atoms with van der Waals surface area (Å²) in [5.41, 5.74) is 8.45. The number of piperidine rings is 1. The van der Waals surface area contributed by atoms with Crippen LogP contribution in [0.15, 0.2) is 35.1 Å². The molecule has 1 saturated heterocycles. The third-order valence-corrected chi connectivity index (χ3v) is 5.74. The summed E-state index contributed by atoms with van der Waals surface area (Å²) in [7, 11) is 1.82. The summed E-state index contributed by atoms with van der Waals surface area (Å²) in [5.74, 6) is 1.60. The molecule has 2 aromatic heterocycles. The van der Waals surface area contributed by atoms with Crippen molar-refractivity contribution in [3.8, 4) is 0 Å². The fraction of sp³-hybridized carbons (Fsp3) is 0.500. The molecule has 1 unspecified atom stereocenters. The summed E-state index contributed by atoms with van der Waals surface area (Å²) in [4.78, 5) is 25.1. The Morgan fingerprint density at radius 2 is 2.00 bits per heavy atom. The number of rotatable bonds is 6. The van der Waals surface area contributed by atoms with Crippen molar-refractivity contribution in [3.63, 3.8) is 0 Å². The van der Waals surface area contributed by atoms with Gasteiger partial charge in [-0.1, -0.05) is 43.7 Å². The summed E-state index contributed by atoms with van der Waals surface area (Å²) < 4.78 is 3.72. The molecule has 1 aliphatic heterocycles. The molecule has 0 aliphatic carbocycles. The summed E-state index contributed by atoms with van der Waals surface area (Å²) in [6, 6.07) is 10.3. The summed E-state index contributed by atoms with van der Waals surface area (Å²) in [6.07, 6.45) is 4.91. The van der Waals surface area contributed by atoms with Crippen molar-refractivity contribution >= 4 is 17.1 Å². The van der Waals surface area contributed by atoms with E-state index in [1.54, 1.807) is 4.57 Å². The number of nitrogens with two attached hydrogens (primary N) is 1. The number of benzene rings is 1. The van der Waals surface area contributed by atoms with Gasteiger partial charge < -0.3 is 10.6 Å². The Morgan fingerprint density at radius 3 is 2.72 bits per heavy atom. The highest BCUT2D eigenvalue weighted by Crippen LogP contribution is 2.24. The highest BCUT2D eigenvalue weighted by atomic mass is 16.1. The van der Waals surface area contributed by atoms with Gasteiger partial charge in [0.25, 0.3) is 5.56 Å². The number of anilines is 1. The minimum Gasteiger partial charge on any atom is -0.341 e. The molecule has 154 valence electrons. The smallest absolute Gasteiger partial charge is 0.279 e. The van der Waals surface area contributed by atoms with E-state index in [9.17, 15) is 4.79 Å². The zero-order chi connectivity index (χ0) is 20.4. The first-order valence-corrected chi connectivity index (χ1v) is 10.6. The van der Waals surface area contributed by atoms with Crippen LogP contribution in [0.5, 0.6) is 0 Å². The predicted molar refractivity (Wildman–Crippen MR) is 116 cm³/mol. The first-order chi connectivity index (χ1) is 14.1. The molecule has 3 aromatic rings. The van der Waals surface area contributed by atoms with Crippen LogP contribution >= 0.6 is 0 Å². The number of hydrogen-bond acceptors (Lipinski definition) is 5. The third kappa shape index (κ3) is 3.92. The van der Waals surface area contributed by atoms with Crippen LogP contribution < -0.4 is 16.2 Å². The fourth-order valence-electron chi connectivity index (χ4n) is 4.10. The van der Waals surface area contributed by atoms with Crippen molar-refractivity contribution in [1.82, 2.24) is 19.1 Å². The third-order valence-electron chi connectivity index (χ3n) is 5.74. The highest BCUT2D eigenvalue weighted by molar-refractivity contribution is 5.74. The Balaban J connectivity index is 1.86. The molecule has 3 heterocycles. The lowest BCUT2D eigenvalue weighted by molar-refractivity contribution is 0.495. The topological polar surface area (TPSA) is 82.0 Å². The van der Waals surface area contributed by atoms with E-state index >= 15 is 0 Å². The van der Waals surface area contributed by atoms with Crippen LogP contribution in [0.3, 0.4) is 0 Å². The number of aryl methyl sites for hydroxylation is 1. The summed E-state index contributed by atoms with van der Waals surface area (Å²) in [6.45, 7) is 4.38. The van der Waals surface area contributed by atoms with E-state index < -0.39 is 0 Å². The standard InChI is InChI=1S/C22H30N6O/c1-3-4-12-18-24-20-19(21(29)26(18)2)28(14-16-9-6-5-7-10-16)22(25-20)27-13-8-11-17(23)15-27/h5-7,9-10,17H,3-4,8,11-15,23H2,1-2H3. The van der Waals surface area contributed by atoms with Gasteiger partial charge in [-0.3, -0.25) is 13.9 Å². The van der Waals surface area contributed by atoms with Crippen LogP contribution in [0, 0.1) is 0 Å². The molecule has 2 N–H and O–H groups in total. The summed E-state index contributed by atoms with van der Waals surface area (Å²) in [5, 5.41) is 0. The Labute approximate surface area is 171 Å². The lowest BCUT2D eigenvalue weighted by Crippen LogP contribution is -2.44. The van der Waals surface area contributed by atoms with Gasteiger partial charge in [0.2, 0.25) is 5.95 Å². The SMILES string of the molecule is CCCCc1nc2nc(N3CCCC(N)C3)n(Cc3ccccc3)c2c(=O)n1C. The molecule has 1 aromatic carbocycles. The molecule has 29 heavy (non-hydrogen) atoms. The molecule has 4 rings (SSSR count). The molecule has 0 saturated carbocycles. The Kier molecular flexibility index (Phi) is 5.67. The maximum Gasteiger partial charge on any atom is 0.279 e. The van der Waals surface area contributed by atoms with Gasteiger partial charge in [0.05, 0.1) is 6.54 Å². The van der Waals surface area contributed by atoms with E-state index in [4.69, 9.17) is 15.7 Å². The first kappa shape index (κ1) is 19.6. The monoisotopic (exact) mass is 394 g/mol. The first-order valence-electron chi connectivity index (χ1n) is 10.6. The Morgan fingerprint density at radius 1 is 1.21 bits per heavy atom. The normalized spacial score (nSPS) is 17.2. The van der Waals surface area contributed by atoms with Crippen LogP contribution in [0.2, 0.25) is 0 Å². The van der Waals surface area contributed by atoms with Crippen molar-refractivity contribution < 1.29 is 0 Å². The van der Waals surface area contributed by atoms with Crippen LogP contribution in [0.4, 0.5) is 5.95 Å². The maximum atomic E-state index is 13.3. The van der Waals surface area contributed by atoms with Gasteiger partial charge in [-0.15, -0.1) is 0 Å². The van der Waals surface area contributed by atoms with Crippen molar-refractivity contribution in [1.29, 1.82) is 0 Å². The van der Waals surface area contributed by atoms with Crippen LogP contribution in [-0.2, 0) is 20.0 Å². The van der Waals surface area contributed by atoms with Gasteiger partial charge in [-0.05, 0) is 24.8 Å². The van der Waals surface area contributed by atoms with Crippen molar-refractivity contribution in [2.24, 2.45) is 12.8 Å². The molecule has 0 bridgehead atoms. The van der Waals surface area contributed by atoms with Crippen molar-refractivity contribution in [2.75, 3.05) is 18.0 Å². The molecule has 1 aliphatic rings. The molecule has 1 atom stereocenters. The number of nitrogens with zero attached hydrogens (tertiary/aromatic N) is 5. The second-order valence-corrected chi connectivity index (χ2v) is 8.00. The van der Waals surface area contributed by atoms with Gasteiger partial charge in [0.1, 0.15) is 5.82 Å². The fourth-order valence-corrected chi connectivity index (χ4v) is 4.10. The second-order valence-electron chi connectivity index (χ2n) is 8.00. The van der Waals surface area contributed by atoms with Crippen LogP contribution in [0.25, 0.3) is 11.2 Å². The van der Waals surface area contributed by atoms with Gasteiger partial charge in [-0.2, -0.15) is 4.98 Å². The molecular weight excluding hydrogens is 364 g/mol. The molecule has 0 spiro atoms. The number of aromatic nitrogens is 4. The molecular formula is C22H30N6O. The van der Waals surface area contributed by atoms with Crippen LogP contribution in [-0.4, -0.2) is 38.2 Å². The number of unbranched alkanes of at least 4 members (excludes halogenated alkanes) is 1. The number of hydrogen-bond donors (Lipinski definition) is 1. The molecule has 7 heteroatoms. The average molecular weight is 395 g/mol. The zero-order valence-corrected chi connectivity index (χ0v) is 17.3. The molecule has 0 radical (unpaired) electrons. The van der Waals surface area contributed by atoms with Gasteiger partial charge in [0.15, 0.2) is 11.2 Å². The second kappa shape index (κ2) is 8.37. The lowest BCUT2D eigenvalue weighted by Gasteiger charge is -2.31. The van der Waals surface area contributed by atoms with E-state index in [0.29, 0.717) is 17.7 Å². The number of imidazole rings is 1. The van der Waals surface area contributed by atoms with E-state index in [0.717, 1.165) is 62.5 Å². The van der Waals surface area contributed by atoms with E-state index in [1.165, 1.54) is 0 Å². The molecule has 0 amide bonds. The Hall–Kier alpha value is -2.67. The number of fused-ring (bicyclic) bond motifs is 1. The van der Waals surface area contributed by atoms with Gasteiger partial charge in [0, 0.05) is 32.6 Å². The predicted octanol–water partition coefficient (Wildman–Crippen LogP) is 2.45. The lowest BCUT2D eigenvalue weighted by atomic mass is 10.1. The quantitative estimate of drug-likeness (QED) is 0.694. The highest BCUT2D eigenvalue weighted by Gasteiger charge is 2.25. The largest absolute Gasteiger partial charge is 0.341 e. The average Bonchev–Trinajstić information content (AvgIpc) is 3.08. The minimum absolute atomic E-state index is 0.0305. The van der Waals surface area contributed by atoms with Gasteiger partial charge in [-0.25, -0.2) is 4.98 Å². The zero-order valence-electron chi connectivity index (χ0n) is 17.3. The minimum atomic E-state index is -0.0305. The van der Waals surface area contributed by atoms with E-state index in [-0.39, 0.29) is 11.6 Å². The van der Waals surface area contributed by atoms with Crippen molar-refractivity contribution in [2.45, 2.75) is 51.6 Å². The molecule has 7 nitrogen and oxygen atoms in total. The molecule has 1 fully saturated rings.